The van der Waals surface area contributed by atoms with E-state index in [2.05, 4.69) is 14.9 Å². The lowest BCUT2D eigenvalue weighted by molar-refractivity contribution is -0.123. The van der Waals surface area contributed by atoms with E-state index in [0.29, 0.717) is 11.5 Å². The van der Waals surface area contributed by atoms with Crippen molar-refractivity contribution in [3.05, 3.63) is 18.2 Å². The first-order valence-electron chi connectivity index (χ1n) is 8.50. The van der Waals surface area contributed by atoms with Gasteiger partial charge in [-0.2, -0.15) is 4.72 Å². The van der Waals surface area contributed by atoms with Gasteiger partial charge in [0.1, 0.15) is 0 Å². The second-order valence-electron chi connectivity index (χ2n) is 6.45. The zero-order chi connectivity index (χ0) is 19.3. The lowest BCUT2D eigenvalue weighted by atomic mass is 10.1. The number of rotatable bonds is 7. The quantitative estimate of drug-likeness (QED) is 0.713. The van der Waals surface area contributed by atoms with E-state index in [1.807, 2.05) is 7.05 Å². The van der Waals surface area contributed by atoms with Crippen LogP contribution in [0.2, 0.25) is 0 Å². The topological polar surface area (TPSA) is 97.0 Å². The predicted molar refractivity (Wildman–Crippen MR) is 98.0 cm³/mol. The van der Waals surface area contributed by atoms with Crippen LogP contribution in [0.1, 0.15) is 19.8 Å². The number of nitrogens with zero attached hydrogens (tertiary/aromatic N) is 1. The molecule has 0 bridgehead atoms. The Labute approximate surface area is 154 Å². The molecule has 1 saturated heterocycles. The number of methoxy groups -OCH3 is 2. The molecule has 1 aliphatic rings. The van der Waals surface area contributed by atoms with Crippen LogP contribution >= 0.6 is 0 Å². The maximum Gasteiger partial charge on any atom is 0.241 e. The first-order valence-corrected chi connectivity index (χ1v) is 9.98. The normalized spacial score (nSPS) is 17.5. The van der Waals surface area contributed by atoms with Crippen LogP contribution < -0.4 is 19.5 Å². The first-order chi connectivity index (χ1) is 12.3. The summed E-state index contributed by atoms with van der Waals surface area (Å²) in [5.41, 5.74) is 0. The van der Waals surface area contributed by atoms with E-state index >= 15 is 0 Å². The lowest BCUT2D eigenvalue weighted by Gasteiger charge is -2.30. The largest absolute Gasteiger partial charge is 0.493 e. The van der Waals surface area contributed by atoms with Crippen molar-refractivity contribution in [1.82, 2.24) is 14.9 Å². The number of carbonyl (C=O) groups excluding carboxylic acids is 1. The van der Waals surface area contributed by atoms with Gasteiger partial charge in [0.05, 0.1) is 25.2 Å². The van der Waals surface area contributed by atoms with Gasteiger partial charge in [0.15, 0.2) is 11.5 Å². The standard InChI is InChI=1S/C17H27N3O5S/c1-12(17(21)18-13-7-9-20(2)10-8-13)19-26(22,23)14-5-6-15(24-3)16(11-14)25-4/h5-6,11-13,19H,7-10H2,1-4H3,(H,18,21)/t12-/m0/s1. The smallest absolute Gasteiger partial charge is 0.241 e. The number of sulfonamides is 1. The SMILES string of the molecule is COc1ccc(S(=O)(=O)N[C@@H](C)C(=O)NC2CCN(C)CC2)cc1OC. The molecule has 1 heterocycles. The molecule has 26 heavy (non-hydrogen) atoms. The average molecular weight is 385 g/mol. The van der Waals surface area contributed by atoms with Gasteiger partial charge in [-0.1, -0.05) is 0 Å². The van der Waals surface area contributed by atoms with Gasteiger partial charge in [0.25, 0.3) is 0 Å². The number of hydrogen-bond donors (Lipinski definition) is 2. The summed E-state index contributed by atoms with van der Waals surface area (Å²) in [6.07, 6.45) is 1.72. The molecule has 0 aromatic heterocycles. The van der Waals surface area contributed by atoms with Gasteiger partial charge in [-0.15, -0.1) is 0 Å². The van der Waals surface area contributed by atoms with E-state index in [1.165, 1.54) is 39.3 Å². The molecule has 1 atom stereocenters. The molecule has 8 nitrogen and oxygen atoms in total. The van der Waals surface area contributed by atoms with Gasteiger partial charge < -0.3 is 19.7 Å². The summed E-state index contributed by atoms with van der Waals surface area (Å²) in [5.74, 6) is 0.405. The number of piperidine rings is 1. The molecular weight excluding hydrogens is 358 g/mol. The van der Waals surface area contributed by atoms with Crippen LogP contribution in [-0.2, 0) is 14.8 Å². The predicted octanol–water partition coefficient (Wildman–Crippen LogP) is 0.581. The Hall–Kier alpha value is -1.84. The monoisotopic (exact) mass is 385 g/mol. The molecule has 1 aliphatic heterocycles. The zero-order valence-corrected chi connectivity index (χ0v) is 16.4. The fraction of sp³-hybridized carbons (Fsp3) is 0.588. The number of hydrogen-bond acceptors (Lipinski definition) is 6. The van der Waals surface area contributed by atoms with Crippen LogP contribution in [-0.4, -0.2) is 65.7 Å². The molecule has 1 aromatic carbocycles. The Morgan fingerprint density at radius 3 is 2.38 bits per heavy atom. The molecular formula is C17H27N3O5S. The molecule has 1 amide bonds. The molecule has 2 rings (SSSR count). The highest BCUT2D eigenvalue weighted by molar-refractivity contribution is 7.89. The zero-order valence-electron chi connectivity index (χ0n) is 15.6. The fourth-order valence-corrected chi connectivity index (χ4v) is 4.04. The molecule has 1 fully saturated rings. The number of carbonyl (C=O) groups is 1. The molecule has 146 valence electrons. The van der Waals surface area contributed by atoms with E-state index in [9.17, 15) is 13.2 Å². The van der Waals surface area contributed by atoms with Crippen molar-refractivity contribution in [2.75, 3.05) is 34.4 Å². The number of nitrogens with one attached hydrogen (secondary N) is 2. The second kappa shape index (κ2) is 8.70. The molecule has 2 N–H and O–H groups in total. The molecule has 0 spiro atoms. The molecule has 1 aromatic rings. The van der Waals surface area contributed by atoms with Crippen LogP contribution in [0.25, 0.3) is 0 Å². The van der Waals surface area contributed by atoms with Crippen LogP contribution in [0, 0.1) is 0 Å². The number of likely N-dealkylation sites (tertiary alicyclic amines) is 1. The van der Waals surface area contributed by atoms with Gasteiger partial charge in [-0.25, -0.2) is 8.42 Å². The molecule has 0 saturated carbocycles. The minimum atomic E-state index is -3.87. The van der Waals surface area contributed by atoms with Crippen LogP contribution in [0.5, 0.6) is 11.5 Å². The minimum Gasteiger partial charge on any atom is -0.493 e. The van der Waals surface area contributed by atoms with Gasteiger partial charge >= 0.3 is 0 Å². The van der Waals surface area contributed by atoms with Crippen molar-refractivity contribution in [1.29, 1.82) is 0 Å². The second-order valence-corrected chi connectivity index (χ2v) is 8.16. The van der Waals surface area contributed by atoms with E-state index < -0.39 is 16.1 Å². The van der Waals surface area contributed by atoms with Crippen molar-refractivity contribution < 1.29 is 22.7 Å². The number of amides is 1. The third-order valence-electron chi connectivity index (χ3n) is 4.46. The van der Waals surface area contributed by atoms with Gasteiger partial charge in [0.2, 0.25) is 15.9 Å². The van der Waals surface area contributed by atoms with Crippen molar-refractivity contribution in [2.45, 2.75) is 36.7 Å². The summed E-state index contributed by atoms with van der Waals surface area (Å²) in [5, 5.41) is 2.92. The highest BCUT2D eigenvalue weighted by Crippen LogP contribution is 2.29. The summed E-state index contributed by atoms with van der Waals surface area (Å²) in [7, 11) is 1.08. The molecule has 0 radical (unpaired) electrons. The highest BCUT2D eigenvalue weighted by Gasteiger charge is 2.26. The van der Waals surface area contributed by atoms with Crippen molar-refractivity contribution in [3.63, 3.8) is 0 Å². The van der Waals surface area contributed by atoms with Gasteiger partial charge in [-0.05, 0) is 52.0 Å². The van der Waals surface area contributed by atoms with Crippen molar-refractivity contribution in [2.24, 2.45) is 0 Å². The Morgan fingerprint density at radius 2 is 1.81 bits per heavy atom. The summed E-state index contributed by atoms with van der Waals surface area (Å²) in [4.78, 5) is 14.5. The Kier molecular flexibility index (Phi) is 6.85. The maximum absolute atomic E-state index is 12.6. The lowest BCUT2D eigenvalue weighted by Crippen LogP contribution is -2.50. The van der Waals surface area contributed by atoms with Crippen LogP contribution in [0.3, 0.4) is 0 Å². The Bertz CT molecular complexity index is 730. The van der Waals surface area contributed by atoms with Crippen molar-refractivity contribution >= 4 is 15.9 Å². The summed E-state index contributed by atoms with van der Waals surface area (Å²) in [6.45, 7) is 3.36. The van der Waals surface area contributed by atoms with E-state index in [1.54, 1.807) is 0 Å². The molecule has 0 unspecified atom stereocenters. The summed E-state index contributed by atoms with van der Waals surface area (Å²) < 4.78 is 37.8. The van der Waals surface area contributed by atoms with Gasteiger partial charge in [-0.3, -0.25) is 4.79 Å². The minimum absolute atomic E-state index is 0.00842. The van der Waals surface area contributed by atoms with Gasteiger partial charge in [0, 0.05) is 12.1 Å². The van der Waals surface area contributed by atoms with E-state index in [4.69, 9.17) is 9.47 Å². The van der Waals surface area contributed by atoms with Crippen LogP contribution in [0.15, 0.2) is 23.1 Å². The summed E-state index contributed by atoms with van der Waals surface area (Å²) >= 11 is 0. The number of benzene rings is 1. The maximum atomic E-state index is 12.6. The molecule has 0 aliphatic carbocycles. The average Bonchev–Trinajstić information content (AvgIpc) is 2.62. The van der Waals surface area contributed by atoms with Crippen molar-refractivity contribution in [3.8, 4) is 11.5 Å². The van der Waals surface area contributed by atoms with E-state index in [0.717, 1.165) is 25.9 Å². The molecule has 9 heteroatoms. The fourth-order valence-electron chi connectivity index (χ4n) is 2.82. The third kappa shape index (κ3) is 5.09. The first kappa shape index (κ1) is 20.5. The number of ether oxygens (including phenoxy) is 2. The summed E-state index contributed by atoms with van der Waals surface area (Å²) in [6, 6.07) is 3.48. The van der Waals surface area contributed by atoms with Crippen LogP contribution in [0.4, 0.5) is 0 Å². The Morgan fingerprint density at radius 1 is 1.19 bits per heavy atom. The van der Waals surface area contributed by atoms with E-state index in [-0.39, 0.29) is 16.8 Å². The third-order valence-corrected chi connectivity index (χ3v) is 5.99. The Balaban J connectivity index is 2.02. The highest BCUT2D eigenvalue weighted by atomic mass is 32.2.